The summed E-state index contributed by atoms with van der Waals surface area (Å²) < 4.78 is 33.3. The van der Waals surface area contributed by atoms with Gasteiger partial charge in [-0.15, -0.1) is 0 Å². The van der Waals surface area contributed by atoms with Crippen LogP contribution >= 0.6 is 0 Å². The Kier molecular flexibility index (Phi) is 11.8. The highest BCUT2D eigenvalue weighted by Gasteiger charge is 2.45. The lowest BCUT2D eigenvalue weighted by Crippen LogP contribution is -2.54. The molecule has 0 spiro atoms. The number of imide groups is 2. The highest BCUT2D eigenvalue weighted by molar-refractivity contribution is 6.25. The van der Waals surface area contributed by atoms with Crippen molar-refractivity contribution in [3.8, 4) is 0 Å². The van der Waals surface area contributed by atoms with Gasteiger partial charge in [0, 0.05) is 93.3 Å². The standard InChI is InChI=1S/C46H45F2N9O7/c47-28-21-27(22-29(48)24-28)20-26-4-7-35-34(23-26)42(54-53-35)52-43(60)32-6-5-31(25-37(32)50-30-11-18-64-19-12-30)55-14-16-56(17-15-55)40(59)10-13-49-36-3-1-2-33-41(36)46(63)57(45(33)62)38-8-9-39(58)51-44(38)61/h1-7,21-25,30,38,49-50H,8-20H2,(H,51,58,61)(H2,52,53,54,60). The molecule has 3 saturated heterocycles. The molecule has 6 amide bonds. The van der Waals surface area contributed by atoms with Crippen LogP contribution in [0.3, 0.4) is 0 Å². The number of benzene rings is 4. The van der Waals surface area contributed by atoms with E-state index < -0.39 is 41.3 Å². The van der Waals surface area contributed by atoms with Gasteiger partial charge < -0.3 is 30.5 Å². The van der Waals surface area contributed by atoms with Crippen LogP contribution in [0.2, 0.25) is 0 Å². The van der Waals surface area contributed by atoms with Crippen molar-refractivity contribution in [2.24, 2.45) is 0 Å². The van der Waals surface area contributed by atoms with E-state index >= 15 is 0 Å². The topological polar surface area (TPSA) is 198 Å². The van der Waals surface area contributed by atoms with Gasteiger partial charge in [0.15, 0.2) is 5.82 Å². The maximum Gasteiger partial charge on any atom is 0.264 e. The minimum absolute atomic E-state index is 0.0217. The van der Waals surface area contributed by atoms with Crippen LogP contribution < -0.4 is 26.2 Å². The Morgan fingerprint density at radius 2 is 1.61 bits per heavy atom. The van der Waals surface area contributed by atoms with E-state index in [1.165, 1.54) is 18.2 Å². The molecule has 1 atom stereocenters. The number of piperidine rings is 1. The molecule has 330 valence electrons. The van der Waals surface area contributed by atoms with Crippen molar-refractivity contribution in [3.05, 3.63) is 112 Å². The molecule has 0 radical (unpaired) electrons. The number of hydrogen-bond acceptors (Lipinski definition) is 11. The molecule has 1 unspecified atom stereocenters. The number of nitrogens with one attached hydrogen (secondary N) is 5. The molecule has 3 fully saturated rings. The summed E-state index contributed by atoms with van der Waals surface area (Å²) in [7, 11) is 0. The van der Waals surface area contributed by atoms with E-state index in [2.05, 4.69) is 36.4 Å². The number of nitrogens with zero attached hydrogens (tertiary/aromatic N) is 4. The van der Waals surface area contributed by atoms with E-state index in [1.54, 1.807) is 23.1 Å². The molecule has 18 heteroatoms. The maximum absolute atomic E-state index is 14.0. The molecule has 5 heterocycles. The van der Waals surface area contributed by atoms with Crippen molar-refractivity contribution in [2.45, 2.75) is 50.6 Å². The van der Waals surface area contributed by atoms with Crippen LogP contribution in [0.5, 0.6) is 0 Å². The summed E-state index contributed by atoms with van der Waals surface area (Å²) in [6, 6.07) is 18.3. The number of fused-ring (bicyclic) bond motifs is 2. The van der Waals surface area contributed by atoms with E-state index in [0.29, 0.717) is 78.6 Å². The molecule has 0 saturated carbocycles. The lowest BCUT2D eigenvalue weighted by Gasteiger charge is -2.36. The number of aromatic amines is 1. The number of hydrogen-bond donors (Lipinski definition) is 5. The molecule has 9 rings (SSSR count). The maximum atomic E-state index is 14.0. The third-order valence-electron chi connectivity index (χ3n) is 12.1. The van der Waals surface area contributed by atoms with Gasteiger partial charge in [0.05, 0.1) is 22.2 Å². The normalized spacial score (nSPS) is 18.0. The fourth-order valence-electron chi connectivity index (χ4n) is 8.84. The average molecular weight is 874 g/mol. The number of anilines is 4. The predicted octanol–water partition coefficient (Wildman–Crippen LogP) is 4.83. The van der Waals surface area contributed by atoms with Crippen LogP contribution in [-0.2, 0) is 25.5 Å². The lowest BCUT2D eigenvalue weighted by molar-refractivity contribution is -0.136. The summed E-state index contributed by atoms with van der Waals surface area (Å²) in [5.41, 5.74) is 4.56. The van der Waals surface area contributed by atoms with Crippen LogP contribution in [0.15, 0.2) is 72.8 Å². The molecule has 0 aliphatic carbocycles. The second kappa shape index (κ2) is 17.9. The first-order valence-corrected chi connectivity index (χ1v) is 21.3. The van der Waals surface area contributed by atoms with Crippen molar-refractivity contribution >= 4 is 69.2 Å². The number of ether oxygens (including phenoxy) is 1. The van der Waals surface area contributed by atoms with Crippen molar-refractivity contribution in [1.82, 2.24) is 25.3 Å². The average Bonchev–Trinajstić information content (AvgIpc) is 3.79. The summed E-state index contributed by atoms with van der Waals surface area (Å²) in [5, 5.41) is 19.8. The third-order valence-corrected chi connectivity index (χ3v) is 12.1. The van der Waals surface area contributed by atoms with Crippen molar-refractivity contribution in [1.29, 1.82) is 0 Å². The fourth-order valence-corrected chi connectivity index (χ4v) is 8.84. The third kappa shape index (κ3) is 8.73. The lowest BCUT2D eigenvalue weighted by atomic mass is 10.0. The van der Waals surface area contributed by atoms with E-state index in [9.17, 15) is 37.5 Å². The van der Waals surface area contributed by atoms with Gasteiger partial charge in [-0.3, -0.25) is 44.1 Å². The largest absolute Gasteiger partial charge is 0.384 e. The monoisotopic (exact) mass is 873 g/mol. The molecule has 4 aromatic carbocycles. The first-order chi connectivity index (χ1) is 31.0. The first-order valence-electron chi connectivity index (χ1n) is 21.3. The molecule has 64 heavy (non-hydrogen) atoms. The number of amides is 6. The van der Waals surface area contributed by atoms with Crippen molar-refractivity contribution < 1.29 is 42.3 Å². The van der Waals surface area contributed by atoms with Gasteiger partial charge in [-0.25, -0.2) is 8.78 Å². The Bertz CT molecular complexity index is 2670. The number of rotatable bonds is 12. The molecular weight excluding hydrogens is 829 g/mol. The fraction of sp³-hybridized carbons (Fsp3) is 0.326. The molecule has 4 aliphatic heterocycles. The number of aromatic nitrogens is 2. The minimum atomic E-state index is -1.08. The van der Waals surface area contributed by atoms with Gasteiger partial charge >= 0.3 is 0 Å². The van der Waals surface area contributed by atoms with Gasteiger partial charge in [0.2, 0.25) is 17.7 Å². The molecule has 4 aliphatic rings. The van der Waals surface area contributed by atoms with Crippen LogP contribution in [-0.4, -0.2) is 113 Å². The Labute approximate surface area is 365 Å². The van der Waals surface area contributed by atoms with Crippen LogP contribution in [0.4, 0.5) is 31.7 Å². The van der Waals surface area contributed by atoms with E-state index in [-0.39, 0.29) is 61.2 Å². The smallest absolute Gasteiger partial charge is 0.264 e. The van der Waals surface area contributed by atoms with Crippen molar-refractivity contribution in [3.63, 3.8) is 0 Å². The second-order valence-electron chi connectivity index (χ2n) is 16.3. The minimum Gasteiger partial charge on any atom is -0.384 e. The summed E-state index contributed by atoms with van der Waals surface area (Å²) in [4.78, 5) is 83.1. The molecule has 5 aromatic rings. The van der Waals surface area contributed by atoms with Gasteiger partial charge in [-0.05, 0) is 91.4 Å². The number of piperazine rings is 1. The van der Waals surface area contributed by atoms with Crippen LogP contribution in [0, 0.1) is 11.6 Å². The quantitative estimate of drug-likeness (QED) is 0.108. The zero-order valence-corrected chi connectivity index (χ0v) is 34.7. The highest BCUT2D eigenvalue weighted by Crippen LogP contribution is 2.33. The number of carbonyl (C=O) groups is 6. The van der Waals surface area contributed by atoms with Gasteiger partial charge in [0.25, 0.3) is 17.7 Å². The molecular formula is C46H45F2N9O7. The van der Waals surface area contributed by atoms with Crippen LogP contribution in [0.1, 0.15) is 74.3 Å². The van der Waals surface area contributed by atoms with E-state index in [1.807, 2.05) is 30.3 Å². The van der Waals surface area contributed by atoms with Crippen LogP contribution in [0.25, 0.3) is 10.9 Å². The van der Waals surface area contributed by atoms with Gasteiger partial charge in [0.1, 0.15) is 17.7 Å². The first kappa shape index (κ1) is 42.1. The number of H-pyrrole nitrogens is 1. The molecule has 16 nitrogen and oxygen atoms in total. The Morgan fingerprint density at radius 1 is 0.828 bits per heavy atom. The highest BCUT2D eigenvalue weighted by atomic mass is 19.1. The Balaban J connectivity index is 0.833. The number of halogens is 2. The zero-order valence-electron chi connectivity index (χ0n) is 34.7. The number of carbonyl (C=O) groups excluding carboxylic acids is 6. The summed E-state index contributed by atoms with van der Waals surface area (Å²) in [6.07, 6.45) is 2.02. The zero-order chi connectivity index (χ0) is 44.5. The molecule has 5 N–H and O–H groups in total. The van der Waals surface area contributed by atoms with E-state index in [4.69, 9.17) is 4.74 Å². The van der Waals surface area contributed by atoms with Gasteiger partial charge in [-0.1, -0.05) is 12.1 Å². The molecule has 1 aromatic heterocycles. The van der Waals surface area contributed by atoms with Gasteiger partial charge in [-0.2, -0.15) is 5.10 Å². The SMILES string of the molecule is O=C1CCC(N2C(=O)c3cccc(NCCC(=O)N4CCN(c5ccc(C(=O)Nc6n[nH]c7ccc(Cc8cc(F)cc(F)c8)cc67)c(NC6CCOCC6)c5)CC4)c3C2=O)C(=O)N1. The molecule has 0 bridgehead atoms. The summed E-state index contributed by atoms with van der Waals surface area (Å²) in [6.45, 7) is 3.41. The predicted molar refractivity (Wildman–Crippen MR) is 232 cm³/mol. The van der Waals surface area contributed by atoms with E-state index in [0.717, 1.165) is 35.1 Å². The Morgan fingerprint density at radius 3 is 2.38 bits per heavy atom. The summed E-state index contributed by atoms with van der Waals surface area (Å²) in [5.74, 6) is -3.81. The Hall–Kier alpha value is -7.21. The summed E-state index contributed by atoms with van der Waals surface area (Å²) >= 11 is 0. The van der Waals surface area contributed by atoms with Crippen molar-refractivity contribution in [2.75, 3.05) is 66.8 Å². The second-order valence-corrected chi connectivity index (χ2v) is 16.3.